The number of hydrogen-bond acceptors (Lipinski definition) is 2. The second-order valence-electron chi connectivity index (χ2n) is 5.92. The Hall–Kier alpha value is -1.56. The Morgan fingerprint density at radius 2 is 1.82 bits per heavy atom. The zero-order valence-corrected chi connectivity index (χ0v) is 12.2. The molecule has 1 fully saturated rings. The lowest BCUT2D eigenvalue weighted by Gasteiger charge is -2.24. The summed E-state index contributed by atoms with van der Waals surface area (Å²) in [4.78, 5) is 11.9. The van der Waals surface area contributed by atoms with Gasteiger partial charge in [0.2, 0.25) is 5.91 Å². The normalized spacial score (nSPS) is 18.9. The quantitative estimate of drug-likeness (QED) is 0.877. The summed E-state index contributed by atoms with van der Waals surface area (Å²) < 4.78 is 39.5. The van der Waals surface area contributed by atoms with Crippen LogP contribution in [-0.4, -0.2) is 29.3 Å². The van der Waals surface area contributed by atoms with E-state index in [2.05, 4.69) is 5.32 Å². The van der Waals surface area contributed by atoms with Gasteiger partial charge >= 0.3 is 6.18 Å². The highest BCUT2D eigenvalue weighted by molar-refractivity contribution is 5.77. The van der Waals surface area contributed by atoms with E-state index in [9.17, 15) is 23.1 Å². The van der Waals surface area contributed by atoms with Gasteiger partial charge in [-0.05, 0) is 18.4 Å². The molecule has 6 heteroatoms. The first-order valence-corrected chi connectivity index (χ1v) is 7.41. The van der Waals surface area contributed by atoms with Gasteiger partial charge in [0, 0.05) is 13.0 Å². The topological polar surface area (TPSA) is 49.3 Å². The predicted molar refractivity (Wildman–Crippen MR) is 76.3 cm³/mol. The minimum Gasteiger partial charge on any atom is -0.388 e. The van der Waals surface area contributed by atoms with Crippen molar-refractivity contribution < 1.29 is 23.1 Å². The molecule has 0 saturated heterocycles. The zero-order valence-electron chi connectivity index (χ0n) is 12.2. The summed E-state index contributed by atoms with van der Waals surface area (Å²) in [6.45, 7) is 0.0190. The number of alkyl halides is 3. The van der Waals surface area contributed by atoms with Crippen LogP contribution in [0, 0.1) is 0 Å². The zero-order chi connectivity index (χ0) is 16.2. The Bertz CT molecular complexity index is 496. The Kier molecular flexibility index (Phi) is 5.11. The Morgan fingerprint density at radius 3 is 2.36 bits per heavy atom. The maximum absolute atomic E-state index is 13.2. The fourth-order valence-corrected chi connectivity index (χ4v) is 2.84. The van der Waals surface area contributed by atoms with Gasteiger partial charge in [-0.2, -0.15) is 13.2 Å². The van der Waals surface area contributed by atoms with Crippen molar-refractivity contribution in [2.45, 2.75) is 49.8 Å². The molecular weight excluding hydrogens is 295 g/mol. The van der Waals surface area contributed by atoms with Crippen LogP contribution in [0.15, 0.2) is 30.3 Å². The van der Waals surface area contributed by atoms with Gasteiger partial charge in [0.05, 0.1) is 11.5 Å². The van der Waals surface area contributed by atoms with Crippen LogP contribution >= 0.6 is 0 Å². The molecule has 1 aliphatic carbocycles. The third-order valence-electron chi connectivity index (χ3n) is 4.14. The van der Waals surface area contributed by atoms with Gasteiger partial charge in [-0.1, -0.05) is 43.2 Å². The number of halogens is 3. The molecule has 22 heavy (non-hydrogen) atoms. The highest BCUT2D eigenvalue weighted by atomic mass is 19.4. The summed E-state index contributed by atoms with van der Waals surface area (Å²) in [6, 6.07) is 7.42. The van der Waals surface area contributed by atoms with Gasteiger partial charge in [0.15, 0.2) is 0 Å². The van der Waals surface area contributed by atoms with Crippen molar-refractivity contribution >= 4 is 5.91 Å². The molecule has 1 saturated carbocycles. The monoisotopic (exact) mass is 315 g/mol. The number of amides is 1. The largest absolute Gasteiger partial charge is 0.396 e. The molecule has 1 amide bonds. The number of carbonyl (C=O) groups excluding carboxylic acids is 1. The van der Waals surface area contributed by atoms with Crippen LogP contribution in [-0.2, 0) is 4.79 Å². The lowest BCUT2D eigenvalue weighted by Crippen LogP contribution is -2.41. The van der Waals surface area contributed by atoms with E-state index in [1.807, 2.05) is 0 Å². The average molecular weight is 315 g/mol. The summed E-state index contributed by atoms with van der Waals surface area (Å²) in [7, 11) is 0. The van der Waals surface area contributed by atoms with Crippen LogP contribution in [0.25, 0.3) is 0 Å². The molecule has 0 radical (unpaired) electrons. The number of benzene rings is 1. The lowest BCUT2D eigenvalue weighted by molar-refractivity contribution is -0.157. The molecule has 122 valence electrons. The Balaban J connectivity index is 1.97. The molecule has 0 aliphatic heterocycles. The van der Waals surface area contributed by atoms with E-state index in [-0.39, 0.29) is 12.1 Å². The van der Waals surface area contributed by atoms with E-state index in [4.69, 9.17) is 0 Å². The van der Waals surface area contributed by atoms with Crippen molar-refractivity contribution in [3.63, 3.8) is 0 Å². The molecule has 1 aromatic carbocycles. The molecule has 0 spiro atoms. The van der Waals surface area contributed by atoms with Crippen molar-refractivity contribution in [1.82, 2.24) is 5.32 Å². The van der Waals surface area contributed by atoms with Gasteiger partial charge in [-0.3, -0.25) is 4.79 Å². The molecule has 1 unspecified atom stereocenters. The summed E-state index contributed by atoms with van der Waals surface area (Å²) in [5.41, 5.74) is -0.888. The SMILES string of the molecule is O=C(CC(c1ccccc1)C(F)(F)F)NCC1(O)CCCC1. The van der Waals surface area contributed by atoms with Crippen LogP contribution in [0.2, 0.25) is 0 Å². The lowest BCUT2D eigenvalue weighted by atomic mass is 9.94. The predicted octanol–water partition coefficient (Wildman–Crippen LogP) is 3.14. The fraction of sp³-hybridized carbons (Fsp3) is 0.562. The summed E-state index contributed by atoms with van der Waals surface area (Å²) >= 11 is 0. The molecule has 0 heterocycles. The van der Waals surface area contributed by atoms with Crippen LogP contribution < -0.4 is 5.32 Å². The first-order valence-electron chi connectivity index (χ1n) is 7.41. The van der Waals surface area contributed by atoms with Gasteiger partial charge < -0.3 is 10.4 Å². The summed E-state index contributed by atoms with van der Waals surface area (Å²) in [6.07, 6.45) is -2.24. The summed E-state index contributed by atoms with van der Waals surface area (Å²) in [5.74, 6) is -2.52. The number of rotatable bonds is 5. The van der Waals surface area contributed by atoms with Crippen molar-refractivity contribution in [3.8, 4) is 0 Å². The van der Waals surface area contributed by atoms with E-state index in [0.29, 0.717) is 12.8 Å². The van der Waals surface area contributed by atoms with Crippen LogP contribution in [0.1, 0.15) is 43.6 Å². The van der Waals surface area contributed by atoms with Crippen LogP contribution in [0.4, 0.5) is 13.2 Å². The maximum atomic E-state index is 13.2. The van der Waals surface area contributed by atoms with Crippen molar-refractivity contribution in [1.29, 1.82) is 0 Å². The van der Waals surface area contributed by atoms with Crippen molar-refractivity contribution in [3.05, 3.63) is 35.9 Å². The highest BCUT2D eigenvalue weighted by Crippen LogP contribution is 2.37. The summed E-state index contributed by atoms with van der Waals surface area (Å²) in [5, 5.41) is 12.6. The number of aliphatic hydroxyl groups is 1. The first-order chi connectivity index (χ1) is 10.3. The molecule has 1 atom stereocenters. The number of carbonyl (C=O) groups is 1. The smallest absolute Gasteiger partial charge is 0.388 e. The Labute approximate surface area is 127 Å². The second kappa shape index (κ2) is 6.69. The van der Waals surface area contributed by atoms with Crippen LogP contribution in [0.5, 0.6) is 0 Å². The second-order valence-corrected chi connectivity index (χ2v) is 5.92. The highest BCUT2D eigenvalue weighted by Gasteiger charge is 2.42. The van der Waals surface area contributed by atoms with E-state index in [1.165, 1.54) is 24.3 Å². The van der Waals surface area contributed by atoms with Gasteiger partial charge in [-0.15, -0.1) is 0 Å². The van der Waals surface area contributed by atoms with Crippen LogP contribution in [0.3, 0.4) is 0 Å². The van der Waals surface area contributed by atoms with E-state index < -0.39 is 30.0 Å². The van der Waals surface area contributed by atoms with Gasteiger partial charge in [-0.25, -0.2) is 0 Å². The van der Waals surface area contributed by atoms with Gasteiger partial charge in [0.1, 0.15) is 0 Å². The molecule has 0 aromatic heterocycles. The maximum Gasteiger partial charge on any atom is 0.396 e. The molecule has 0 bridgehead atoms. The van der Waals surface area contributed by atoms with Crippen molar-refractivity contribution in [2.24, 2.45) is 0 Å². The minimum absolute atomic E-state index is 0.0190. The minimum atomic E-state index is -4.48. The first kappa shape index (κ1) is 16.8. The standard InChI is InChI=1S/C16H20F3NO2/c17-16(18,19)13(12-6-2-1-3-7-12)10-14(21)20-11-15(22)8-4-5-9-15/h1-3,6-7,13,22H,4-5,8-11H2,(H,20,21). The molecule has 1 aromatic rings. The van der Waals surface area contributed by atoms with E-state index in [1.54, 1.807) is 6.07 Å². The molecule has 2 rings (SSSR count). The fourth-order valence-electron chi connectivity index (χ4n) is 2.84. The van der Waals surface area contributed by atoms with E-state index in [0.717, 1.165) is 12.8 Å². The third-order valence-corrected chi connectivity index (χ3v) is 4.14. The molecule has 3 nitrogen and oxygen atoms in total. The number of nitrogens with one attached hydrogen (secondary N) is 1. The average Bonchev–Trinajstić information content (AvgIpc) is 2.90. The van der Waals surface area contributed by atoms with E-state index >= 15 is 0 Å². The molecular formula is C16H20F3NO2. The third kappa shape index (κ3) is 4.47. The molecule has 2 N–H and O–H groups in total. The van der Waals surface area contributed by atoms with Crippen molar-refractivity contribution in [2.75, 3.05) is 6.54 Å². The Morgan fingerprint density at radius 1 is 1.23 bits per heavy atom. The molecule has 1 aliphatic rings. The number of hydrogen-bond donors (Lipinski definition) is 2. The van der Waals surface area contributed by atoms with Gasteiger partial charge in [0.25, 0.3) is 0 Å².